The minimum atomic E-state index is -0.574. The van der Waals surface area contributed by atoms with Crippen molar-refractivity contribution in [3.8, 4) is 17.0 Å². The lowest BCUT2D eigenvalue weighted by Crippen LogP contribution is -2.42. The van der Waals surface area contributed by atoms with Crippen molar-refractivity contribution in [3.05, 3.63) is 101 Å². The molecule has 1 aliphatic rings. The Balaban J connectivity index is 1.08. The third kappa shape index (κ3) is 5.45. The van der Waals surface area contributed by atoms with Gasteiger partial charge < -0.3 is 19.9 Å². The number of halogens is 2. The Kier molecular flexibility index (Phi) is 7.66. The molecule has 4 aromatic carbocycles. The van der Waals surface area contributed by atoms with Gasteiger partial charge in [-0.05, 0) is 92.1 Å². The number of ether oxygens (including phenoxy) is 1. The zero-order chi connectivity index (χ0) is 31.9. The van der Waals surface area contributed by atoms with Crippen molar-refractivity contribution < 1.29 is 18.7 Å². The van der Waals surface area contributed by atoms with Crippen LogP contribution in [0.1, 0.15) is 37.3 Å². The van der Waals surface area contributed by atoms with Gasteiger partial charge in [-0.2, -0.15) is 0 Å². The third-order valence-electron chi connectivity index (χ3n) is 8.61. The Hall–Kier alpha value is -5.22. The van der Waals surface area contributed by atoms with Crippen LogP contribution >= 0.6 is 11.6 Å². The third-order valence-corrected chi connectivity index (χ3v) is 8.85. The number of piperidine rings is 1. The zero-order valence-electron chi connectivity index (χ0n) is 25.1. The molecule has 1 fully saturated rings. The summed E-state index contributed by atoms with van der Waals surface area (Å²) < 4.78 is 21.8. The molecule has 2 unspecified atom stereocenters. The van der Waals surface area contributed by atoms with Crippen LogP contribution in [0.25, 0.3) is 33.1 Å². The first-order valence-corrected chi connectivity index (χ1v) is 15.4. The van der Waals surface area contributed by atoms with Gasteiger partial charge in [-0.3, -0.25) is 9.59 Å². The minimum absolute atomic E-state index is 0.113. The quantitative estimate of drug-likeness (QED) is 0.189. The summed E-state index contributed by atoms with van der Waals surface area (Å²) in [5.41, 5.74) is 4.32. The van der Waals surface area contributed by atoms with Crippen LogP contribution in [-0.2, 0) is 9.59 Å². The van der Waals surface area contributed by atoms with Crippen LogP contribution in [0, 0.1) is 5.82 Å². The summed E-state index contributed by atoms with van der Waals surface area (Å²) in [6.45, 7) is 2.41. The van der Waals surface area contributed by atoms with E-state index in [2.05, 4.69) is 20.6 Å². The van der Waals surface area contributed by atoms with Gasteiger partial charge in [-0.25, -0.2) is 9.07 Å². The number of H-pyrrole nitrogens is 1. The van der Waals surface area contributed by atoms with Gasteiger partial charge in [0.15, 0.2) is 0 Å². The van der Waals surface area contributed by atoms with Gasteiger partial charge in [-0.1, -0.05) is 28.9 Å². The first-order chi connectivity index (χ1) is 22.3. The molecule has 9 nitrogen and oxygen atoms in total. The van der Waals surface area contributed by atoms with Gasteiger partial charge in [-0.15, -0.1) is 5.10 Å². The number of carbonyl (C=O) groups is 2. The summed E-state index contributed by atoms with van der Waals surface area (Å²) in [5, 5.41) is 14.0. The lowest BCUT2D eigenvalue weighted by Gasteiger charge is -2.32. The largest absolute Gasteiger partial charge is 0.497 e. The number of amides is 2. The predicted octanol–water partition coefficient (Wildman–Crippen LogP) is 7.49. The van der Waals surface area contributed by atoms with Crippen LogP contribution in [0.15, 0.2) is 85.1 Å². The number of hydrogen-bond acceptors (Lipinski definition) is 5. The fraction of sp³-hybridized carbons (Fsp3) is 0.200. The van der Waals surface area contributed by atoms with E-state index in [9.17, 15) is 9.59 Å². The predicted molar refractivity (Wildman–Crippen MR) is 177 cm³/mol. The molecule has 1 saturated heterocycles. The van der Waals surface area contributed by atoms with Gasteiger partial charge in [0.25, 0.3) is 5.91 Å². The van der Waals surface area contributed by atoms with Gasteiger partial charge in [0.2, 0.25) is 5.91 Å². The van der Waals surface area contributed by atoms with E-state index in [1.54, 1.807) is 18.2 Å². The van der Waals surface area contributed by atoms with E-state index in [1.165, 1.54) is 22.9 Å². The molecule has 232 valence electrons. The van der Waals surface area contributed by atoms with E-state index in [0.29, 0.717) is 29.4 Å². The maximum Gasteiger partial charge on any atom is 0.251 e. The van der Waals surface area contributed by atoms with E-state index >= 15 is 4.39 Å². The fourth-order valence-electron chi connectivity index (χ4n) is 6.04. The van der Waals surface area contributed by atoms with Crippen LogP contribution in [0.3, 0.4) is 0 Å². The number of nitrogens with one attached hydrogen (secondary N) is 2. The van der Waals surface area contributed by atoms with E-state index < -0.39 is 17.8 Å². The molecule has 7 rings (SSSR count). The molecule has 0 radical (unpaired) electrons. The van der Waals surface area contributed by atoms with Gasteiger partial charge in [0, 0.05) is 50.3 Å². The number of rotatable bonds is 7. The first kappa shape index (κ1) is 29.5. The highest BCUT2D eigenvalue weighted by Crippen LogP contribution is 2.33. The summed E-state index contributed by atoms with van der Waals surface area (Å²) in [5.74, 6) is -0.653. The van der Waals surface area contributed by atoms with Crippen molar-refractivity contribution in [3.63, 3.8) is 0 Å². The molecule has 0 aliphatic carbocycles. The monoisotopic (exact) mass is 636 g/mol. The van der Waals surface area contributed by atoms with Crippen LogP contribution in [0.2, 0.25) is 5.02 Å². The lowest BCUT2D eigenvalue weighted by molar-refractivity contribution is -0.123. The molecular weight excluding hydrogens is 607 g/mol. The number of anilines is 2. The van der Waals surface area contributed by atoms with Crippen molar-refractivity contribution in [1.82, 2.24) is 20.0 Å². The Morgan fingerprint density at radius 3 is 2.67 bits per heavy atom. The molecule has 2 aromatic heterocycles. The molecule has 0 bridgehead atoms. The summed E-state index contributed by atoms with van der Waals surface area (Å²) in [6.07, 6.45) is 2.94. The summed E-state index contributed by atoms with van der Waals surface area (Å²) in [7, 11) is 1.59. The van der Waals surface area contributed by atoms with E-state index in [4.69, 9.17) is 16.3 Å². The lowest BCUT2D eigenvalue weighted by atomic mass is 9.98. The number of aromatic amines is 1. The summed E-state index contributed by atoms with van der Waals surface area (Å²) in [4.78, 5) is 31.9. The SMILES string of the molecule is COc1ccc(N2CCCC(n3cc(-c4cc(NC(=O)C(C)c5ccc6c(c5)[nH]c5ccc(Cl)cc56)ccc4F)nn3)C2=O)cc1. The number of benzene rings is 4. The molecule has 0 spiro atoms. The Morgan fingerprint density at radius 2 is 1.87 bits per heavy atom. The van der Waals surface area contributed by atoms with Gasteiger partial charge in [0.05, 0.1) is 19.2 Å². The number of aromatic nitrogens is 4. The van der Waals surface area contributed by atoms with Crippen LogP contribution in [0.5, 0.6) is 5.75 Å². The molecule has 1 aliphatic heterocycles. The average Bonchev–Trinajstić information content (AvgIpc) is 3.70. The maximum atomic E-state index is 15.1. The highest BCUT2D eigenvalue weighted by atomic mass is 35.5. The Morgan fingerprint density at radius 1 is 1.04 bits per heavy atom. The molecular formula is C35H30ClFN6O3. The highest BCUT2D eigenvalue weighted by molar-refractivity contribution is 6.31. The van der Waals surface area contributed by atoms with E-state index in [-0.39, 0.29) is 23.1 Å². The summed E-state index contributed by atoms with van der Waals surface area (Å²) >= 11 is 6.20. The van der Waals surface area contributed by atoms with Crippen molar-refractivity contribution in [2.45, 2.75) is 31.7 Å². The number of hydrogen-bond donors (Lipinski definition) is 2. The van der Waals surface area contributed by atoms with Crippen LogP contribution < -0.4 is 15.0 Å². The summed E-state index contributed by atoms with van der Waals surface area (Å²) in [6, 6.07) is 22.6. The van der Waals surface area contributed by atoms with Crippen LogP contribution in [0.4, 0.5) is 15.8 Å². The zero-order valence-corrected chi connectivity index (χ0v) is 25.9. The highest BCUT2D eigenvalue weighted by Gasteiger charge is 2.32. The molecule has 6 aromatic rings. The molecule has 2 atom stereocenters. The molecule has 2 amide bonds. The Bertz CT molecular complexity index is 2110. The standard InChI is InChI=1S/C35H30ClFN6O3/c1-20(21-5-12-26-27-17-22(36)6-14-30(27)39-31(26)16-21)34(44)38-23-7-13-29(37)28(18-23)32-19-43(41-40-32)33-4-3-15-42(35(33)45)24-8-10-25(46-2)11-9-24/h5-14,16-20,33,39H,3-4,15H2,1-2H3,(H,38,44). The maximum absolute atomic E-state index is 15.1. The molecule has 3 heterocycles. The van der Waals surface area contributed by atoms with Crippen molar-refractivity contribution >= 4 is 56.6 Å². The second-order valence-electron chi connectivity index (χ2n) is 11.5. The van der Waals surface area contributed by atoms with Crippen molar-refractivity contribution in [2.75, 3.05) is 23.9 Å². The number of nitrogens with zero attached hydrogens (tertiary/aromatic N) is 4. The smallest absolute Gasteiger partial charge is 0.251 e. The van der Waals surface area contributed by atoms with E-state index in [1.807, 2.05) is 67.6 Å². The van der Waals surface area contributed by atoms with Crippen molar-refractivity contribution in [2.24, 2.45) is 0 Å². The number of methoxy groups -OCH3 is 1. The Labute approximate surface area is 268 Å². The second-order valence-corrected chi connectivity index (χ2v) is 11.9. The van der Waals surface area contributed by atoms with Gasteiger partial charge >= 0.3 is 0 Å². The first-order valence-electron chi connectivity index (χ1n) is 15.0. The minimum Gasteiger partial charge on any atom is -0.497 e. The molecule has 46 heavy (non-hydrogen) atoms. The number of carbonyl (C=O) groups excluding carboxylic acids is 2. The van der Waals surface area contributed by atoms with Gasteiger partial charge in [0.1, 0.15) is 23.3 Å². The fourth-order valence-corrected chi connectivity index (χ4v) is 6.21. The topological polar surface area (TPSA) is 105 Å². The second kappa shape index (κ2) is 11.9. The van der Waals surface area contributed by atoms with Crippen LogP contribution in [-0.4, -0.2) is 45.4 Å². The molecule has 2 N–H and O–H groups in total. The number of fused-ring (bicyclic) bond motifs is 3. The average molecular weight is 637 g/mol. The normalized spacial score (nSPS) is 15.8. The van der Waals surface area contributed by atoms with Crippen molar-refractivity contribution in [1.29, 1.82) is 0 Å². The molecule has 0 saturated carbocycles. The molecule has 11 heteroatoms. The van der Waals surface area contributed by atoms with E-state index in [0.717, 1.165) is 39.5 Å².